The molecule has 0 spiro atoms. The van der Waals surface area contributed by atoms with Crippen LogP contribution < -0.4 is 0 Å². The van der Waals surface area contributed by atoms with Crippen molar-refractivity contribution in [2.24, 2.45) is 7.05 Å². The van der Waals surface area contributed by atoms with Crippen LogP contribution in [0.3, 0.4) is 0 Å². The van der Waals surface area contributed by atoms with E-state index >= 15 is 0 Å². The van der Waals surface area contributed by atoms with Gasteiger partial charge in [-0.1, -0.05) is 0 Å². The Balaban J connectivity index is 1.78. The lowest BCUT2D eigenvalue weighted by molar-refractivity contribution is 0.135. The summed E-state index contributed by atoms with van der Waals surface area (Å²) in [6.07, 6.45) is 2.14. The van der Waals surface area contributed by atoms with Gasteiger partial charge in [0.2, 0.25) is 0 Å². The summed E-state index contributed by atoms with van der Waals surface area (Å²) in [5, 5.41) is 4.61. The van der Waals surface area contributed by atoms with Crippen molar-refractivity contribution in [2.75, 3.05) is 20.3 Å². The molecule has 1 aliphatic heterocycles. The number of rotatable bonds is 4. The van der Waals surface area contributed by atoms with Gasteiger partial charge in [0, 0.05) is 61.2 Å². The molecule has 0 saturated carbocycles. The zero-order valence-corrected chi connectivity index (χ0v) is 13.1. The predicted octanol–water partition coefficient (Wildman–Crippen LogP) is 2.54. The second-order valence-corrected chi connectivity index (χ2v) is 6.92. The predicted molar refractivity (Wildman–Crippen MR) is 81.0 cm³/mol. The van der Waals surface area contributed by atoms with E-state index in [9.17, 15) is 0 Å². The van der Waals surface area contributed by atoms with Crippen LogP contribution in [0.2, 0.25) is 0 Å². The number of ether oxygens (including phenoxy) is 1. The van der Waals surface area contributed by atoms with E-state index in [1.54, 1.807) is 7.11 Å². The van der Waals surface area contributed by atoms with Gasteiger partial charge < -0.3 is 4.74 Å². The third kappa shape index (κ3) is 2.80. The third-order valence-corrected chi connectivity index (χ3v) is 4.73. The Morgan fingerprint density at radius 1 is 1.45 bits per heavy atom. The quantitative estimate of drug-likeness (QED) is 0.867. The highest BCUT2D eigenvalue weighted by Gasteiger charge is 2.28. The molecule has 5 heteroatoms. The van der Waals surface area contributed by atoms with Crippen LogP contribution in [0.1, 0.15) is 26.9 Å². The first-order valence-electron chi connectivity index (χ1n) is 6.94. The number of thiophene rings is 1. The Kier molecular flexibility index (Phi) is 3.92. The number of methoxy groups -OCH3 is 1. The van der Waals surface area contributed by atoms with Gasteiger partial charge in [-0.2, -0.15) is 5.10 Å². The van der Waals surface area contributed by atoms with Crippen molar-refractivity contribution < 1.29 is 4.74 Å². The van der Waals surface area contributed by atoms with Gasteiger partial charge in [-0.25, -0.2) is 0 Å². The summed E-state index contributed by atoms with van der Waals surface area (Å²) in [7, 11) is 3.76. The van der Waals surface area contributed by atoms with Crippen LogP contribution >= 0.6 is 11.3 Å². The molecule has 0 radical (unpaired) electrons. The molecule has 0 bridgehead atoms. The van der Waals surface area contributed by atoms with E-state index in [0.717, 1.165) is 26.2 Å². The summed E-state index contributed by atoms with van der Waals surface area (Å²) < 4.78 is 7.30. The number of hydrogen-bond donors (Lipinski definition) is 0. The summed E-state index contributed by atoms with van der Waals surface area (Å²) in [6.45, 7) is 5.93. The van der Waals surface area contributed by atoms with Crippen molar-refractivity contribution in [1.82, 2.24) is 14.7 Å². The molecule has 0 saturated heterocycles. The van der Waals surface area contributed by atoms with Crippen LogP contribution in [0, 0.1) is 6.92 Å². The monoisotopic (exact) mass is 291 g/mol. The molecule has 3 heterocycles. The number of aryl methyl sites for hydroxylation is 2. The maximum Gasteiger partial charge on any atom is 0.0736 e. The molecular formula is C15H21N3OS. The number of hydrogen-bond acceptors (Lipinski definition) is 4. The van der Waals surface area contributed by atoms with Gasteiger partial charge in [-0.3, -0.25) is 9.58 Å². The van der Waals surface area contributed by atoms with E-state index in [-0.39, 0.29) is 0 Å². The molecule has 0 aromatic carbocycles. The lowest BCUT2D eigenvalue weighted by Crippen LogP contribution is -2.34. The highest BCUT2D eigenvalue weighted by Crippen LogP contribution is 2.29. The molecule has 0 unspecified atom stereocenters. The minimum atomic E-state index is 0.381. The molecule has 2 aromatic rings. The topological polar surface area (TPSA) is 30.3 Å². The molecule has 0 fully saturated rings. The summed E-state index contributed by atoms with van der Waals surface area (Å²) in [6, 6.07) is 4.44. The summed E-state index contributed by atoms with van der Waals surface area (Å²) in [5.41, 5.74) is 2.56. The van der Waals surface area contributed by atoms with Gasteiger partial charge in [0.1, 0.15) is 0 Å². The van der Waals surface area contributed by atoms with E-state index in [0.29, 0.717) is 5.92 Å². The van der Waals surface area contributed by atoms with Crippen LogP contribution in [0.5, 0.6) is 0 Å². The highest BCUT2D eigenvalue weighted by atomic mass is 32.1. The molecule has 4 nitrogen and oxygen atoms in total. The maximum absolute atomic E-state index is 5.38. The molecular weight excluding hydrogens is 270 g/mol. The second kappa shape index (κ2) is 5.68. The Morgan fingerprint density at radius 3 is 3.00 bits per heavy atom. The number of nitrogens with zero attached hydrogens (tertiary/aromatic N) is 3. The standard InChI is InChI=1S/C15H21N3OS/c1-11-4-5-14(20-11)9-18-7-12-6-17(2)16-15(12)13(8-18)10-19-3/h4-6,13H,7-10H2,1-3H3/t13-/m1/s1. The van der Waals surface area contributed by atoms with Crippen LogP contribution in [0.4, 0.5) is 0 Å². The average Bonchev–Trinajstić information content (AvgIpc) is 2.95. The molecule has 2 aromatic heterocycles. The molecule has 20 heavy (non-hydrogen) atoms. The van der Waals surface area contributed by atoms with Crippen molar-refractivity contribution in [3.63, 3.8) is 0 Å². The Bertz CT molecular complexity index is 590. The van der Waals surface area contributed by atoms with Crippen molar-refractivity contribution in [1.29, 1.82) is 0 Å². The van der Waals surface area contributed by atoms with Gasteiger partial charge in [0.05, 0.1) is 12.3 Å². The summed E-state index contributed by atoms with van der Waals surface area (Å²) in [4.78, 5) is 5.32. The fourth-order valence-corrected chi connectivity index (χ4v) is 3.90. The van der Waals surface area contributed by atoms with Crippen molar-refractivity contribution in [3.05, 3.63) is 39.3 Å². The molecule has 1 aliphatic rings. The maximum atomic E-state index is 5.38. The normalized spacial score (nSPS) is 19.2. The van der Waals surface area contributed by atoms with Gasteiger partial charge in [0.25, 0.3) is 0 Å². The van der Waals surface area contributed by atoms with Gasteiger partial charge in [0.15, 0.2) is 0 Å². The van der Waals surface area contributed by atoms with Crippen LogP contribution in [-0.4, -0.2) is 34.9 Å². The van der Waals surface area contributed by atoms with E-state index in [1.807, 2.05) is 23.1 Å². The average molecular weight is 291 g/mol. The Labute approximate surface area is 124 Å². The first-order valence-corrected chi connectivity index (χ1v) is 7.76. The molecule has 3 rings (SSSR count). The van der Waals surface area contributed by atoms with Gasteiger partial charge in [-0.05, 0) is 19.1 Å². The number of fused-ring (bicyclic) bond motifs is 1. The molecule has 0 amide bonds. The van der Waals surface area contributed by atoms with Crippen molar-refractivity contribution in [2.45, 2.75) is 25.9 Å². The van der Waals surface area contributed by atoms with E-state index in [1.165, 1.54) is 21.0 Å². The van der Waals surface area contributed by atoms with E-state index in [2.05, 4.69) is 35.3 Å². The summed E-state index contributed by atoms with van der Waals surface area (Å²) >= 11 is 1.89. The largest absolute Gasteiger partial charge is 0.384 e. The minimum Gasteiger partial charge on any atom is -0.384 e. The first-order chi connectivity index (χ1) is 9.65. The molecule has 1 atom stereocenters. The van der Waals surface area contributed by atoms with E-state index < -0.39 is 0 Å². The second-order valence-electron chi connectivity index (χ2n) is 5.55. The fourth-order valence-electron chi connectivity index (χ4n) is 2.97. The first kappa shape index (κ1) is 13.8. The van der Waals surface area contributed by atoms with Crippen molar-refractivity contribution >= 4 is 11.3 Å². The molecule has 0 N–H and O–H groups in total. The van der Waals surface area contributed by atoms with Gasteiger partial charge in [-0.15, -0.1) is 11.3 Å². The summed E-state index contributed by atoms with van der Waals surface area (Å²) in [5.74, 6) is 0.381. The highest BCUT2D eigenvalue weighted by molar-refractivity contribution is 7.11. The lowest BCUT2D eigenvalue weighted by atomic mass is 9.97. The zero-order chi connectivity index (χ0) is 14.1. The molecule has 108 valence electrons. The molecule has 0 aliphatic carbocycles. The fraction of sp³-hybridized carbons (Fsp3) is 0.533. The van der Waals surface area contributed by atoms with Crippen molar-refractivity contribution in [3.8, 4) is 0 Å². The van der Waals surface area contributed by atoms with Crippen LogP contribution in [0.15, 0.2) is 18.3 Å². The Hall–Kier alpha value is -1.17. The Morgan fingerprint density at radius 2 is 2.30 bits per heavy atom. The van der Waals surface area contributed by atoms with Crippen LogP contribution in [-0.2, 0) is 24.9 Å². The zero-order valence-electron chi connectivity index (χ0n) is 12.3. The van der Waals surface area contributed by atoms with Crippen LogP contribution in [0.25, 0.3) is 0 Å². The number of aromatic nitrogens is 2. The minimum absolute atomic E-state index is 0.381. The van der Waals surface area contributed by atoms with Gasteiger partial charge >= 0.3 is 0 Å². The lowest BCUT2D eigenvalue weighted by Gasteiger charge is -2.31. The SMILES string of the molecule is COC[C@H]1CN(Cc2ccc(C)s2)Cc2cn(C)nc21. The third-order valence-electron chi connectivity index (χ3n) is 3.74. The smallest absolute Gasteiger partial charge is 0.0736 e. The van der Waals surface area contributed by atoms with E-state index in [4.69, 9.17) is 4.74 Å².